The molecular formula is C15H18BrNO3. The molecule has 0 spiro atoms. The Morgan fingerprint density at radius 1 is 1.30 bits per heavy atom. The van der Waals surface area contributed by atoms with E-state index < -0.39 is 5.97 Å². The summed E-state index contributed by atoms with van der Waals surface area (Å²) < 4.78 is 1.02. The lowest BCUT2D eigenvalue weighted by atomic mass is 10.1. The third-order valence-electron chi connectivity index (χ3n) is 3.65. The van der Waals surface area contributed by atoms with Crippen LogP contribution in [0.15, 0.2) is 28.7 Å². The number of aliphatic carboxylic acids is 1. The topological polar surface area (TPSA) is 57.6 Å². The van der Waals surface area contributed by atoms with Crippen molar-refractivity contribution in [2.45, 2.75) is 38.1 Å². The van der Waals surface area contributed by atoms with Gasteiger partial charge in [0.1, 0.15) is 0 Å². The number of carboxylic acid groups (broad SMARTS) is 1. The summed E-state index contributed by atoms with van der Waals surface area (Å²) in [5.41, 5.74) is 1.12. The van der Waals surface area contributed by atoms with Crippen molar-refractivity contribution in [2.75, 3.05) is 6.54 Å². The van der Waals surface area contributed by atoms with Crippen molar-refractivity contribution < 1.29 is 14.7 Å². The quantitative estimate of drug-likeness (QED) is 0.897. The summed E-state index contributed by atoms with van der Waals surface area (Å²) in [4.78, 5) is 24.7. The van der Waals surface area contributed by atoms with Gasteiger partial charge in [-0.15, -0.1) is 0 Å². The summed E-state index contributed by atoms with van der Waals surface area (Å²) >= 11 is 3.38. The van der Waals surface area contributed by atoms with Crippen molar-refractivity contribution in [3.63, 3.8) is 0 Å². The van der Waals surface area contributed by atoms with E-state index in [9.17, 15) is 9.59 Å². The summed E-state index contributed by atoms with van der Waals surface area (Å²) in [6.07, 6.45) is 2.91. The third kappa shape index (κ3) is 4.07. The molecule has 1 aliphatic rings. The van der Waals surface area contributed by atoms with Crippen molar-refractivity contribution >= 4 is 27.8 Å². The average molecular weight is 340 g/mol. The molecule has 1 atom stereocenters. The number of hydrogen-bond donors (Lipinski definition) is 1. The normalized spacial score (nSPS) is 18.2. The van der Waals surface area contributed by atoms with Crippen LogP contribution in [0.2, 0.25) is 0 Å². The Morgan fingerprint density at radius 2 is 2.00 bits per heavy atom. The molecule has 1 amide bonds. The zero-order chi connectivity index (χ0) is 14.5. The lowest BCUT2D eigenvalue weighted by Gasteiger charge is -2.23. The monoisotopic (exact) mass is 339 g/mol. The highest BCUT2D eigenvalue weighted by molar-refractivity contribution is 9.10. The van der Waals surface area contributed by atoms with Crippen LogP contribution in [-0.4, -0.2) is 34.5 Å². The molecule has 0 radical (unpaired) electrons. The van der Waals surface area contributed by atoms with Gasteiger partial charge in [0.2, 0.25) is 5.91 Å². The summed E-state index contributed by atoms with van der Waals surface area (Å²) in [7, 11) is 0. The number of rotatable bonds is 5. The van der Waals surface area contributed by atoms with E-state index in [-0.39, 0.29) is 18.4 Å². The Balaban J connectivity index is 1.87. The molecule has 1 fully saturated rings. The van der Waals surface area contributed by atoms with Crippen molar-refractivity contribution in [3.8, 4) is 0 Å². The number of halogens is 1. The van der Waals surface area contributed by atoms with Gasteiger partial charge in [-0.25, -0.2) is 0 Å². The van der Waals surface area contributed by atoms with Gasteiger partial charge in [0.05, 0.1) is 6.42 Å². The van der Waals surface area contributed by atoms with Crippen molar-refractivity contribution in [1.82, 2.24) is 4.90 Å². The smallest absolute Gasteiger partial charge is 0.305 e. The molecule has 1 N–H and O–H groups in total. The van der Waals surface area contributed by atoms with Crippen LogP contribution in [0.5, 0.6) is 0 Å². The SMILES string of the molecule is O=C(O)CC1CCCN1C(=O)CCc1ccc(Br)cc1. The minimum atomic E-state index is -0.831. The molecule has 5 heteroatoms. The number of benzene rings is 1. The van der Waals surface area contributed by atoms with E-state index in [0.717, 1.165) is 22.9 Å². The second kappa shape index (κ2) is 6.88. The summed E-state index contributed by atoms with van der Waals surface area (Å²) in [6, 6.07) is 7.79. The van der Waals surface area contributed by atoms with Crippen LogP contribution in [-0.2, 0) is 16.0 Å². The number of carboxylic acids is 1. The molecule has 1 unspecified atom stereocenters. The van der Waals surface area contributed by atoms with Crippen LogP contribution >= 0.6 is 15.9 Å². The zero-order valence-electron chi connectivity index (χ0n) is 11.2. The molecule has 20 heavy (non-hydrogen) atoms. The van der Waals surface area contributed by atoms with Gasteiger partial charge in [-0.05, 0) is 37.0 Å². The van der Waals surface area contributed by atoms with E-state index in [0.29, 0.717) is 19.4 Å². The maximum absolute atomic E-state index is 12.2. The number of hydrogen-bond acceptors (Lipinski definition) is 2. The van der Waals surface area contributed by atoms with Gasteiger partial charge in [0.25, 0.3) is 0 Å². The van der Waals surface area contributed by atoms with Crippen LogP contribution in [0, 0.1) is 0 Å². The second-order valence-corrected chi connectivity index (χ2v) is 6.02. The van der Waals surface area contributed by atoms with Crippen molar-refractivity contribution in [1.29, 1.82) is 0 Å². The Labute approximate surface area is 126 Å². The van der Waals surface area contributed by atoms with Crippen LogP contribution < -0.4 is 0 Å². The molecule has 4 nitrogen and oxygen atoms in total. The van der Waals surface area contributed by atoms with E-state index in [1.54, 1.807) is 4.90 Å². The molecular weight excluding hydrogens is 322 g/mol. The first-order chi connectivity index (χ1) is 9.56. The fourth-order valence-corrected chi connectivity index (χ4v) is 2.89. The molecule has 1 saturated heterocycles. The van der Waals surface area contributed by atoms with Crippen LogP contribution in [0.1, 0.15) is 31.2 Å². The predicted octanol–water partition coefficient (Wildman–Crippen LogP) is 2.85. The van der Waals surface area contributed by atoms with Gasteiger partial charge >= 0.3 is 5.97 Å². The van der Waals surface area contributed by atoms with Gasteiger partial charge in [-0.2, -0.15) is 0 Å². The maximum Gasteiger partial charge on any atom is 0.305 e. The summed E-state index contributed by atoms with van der Waals surface area (Å²) in [5, 5.41) is 8.86. The fraction of sp³-hybridized carbons (Fsp3) is 0.467. The van der Waals surface area contributed by atoms with Gasteiger partial charge in [0, 0.05) is 23.5 Å². The molecule has 0 saturated carbocycles. The van der Waals surface area contributed by atoms with E-state index in [2.05, 4.69) is 15.9 Å². The molecule has 0 aromatic heterocycles. The zero-order valence-corrected chi connectivity index (χ0v) is 12.8. The second-order valence-electron chi connectivity index (χ2n) is 5.11. The number of likely N-dealkylation sites (tertiary alicyclic amines) is 1. The first kappa shape index (κ1) is 15.0. The Hall–Kier alpha value is -1.36. The highest BCUT2D eigenvalue weighted by Crippen LogP contribution is 2.21. The van der Waals surface area contributed by atoms with Gasteiger partial charge in [0.15, 0.2) is 0 Å². The first-order valence-corrected chi connectivity index (χ1v) is 7.61. The Kier molecular flexibility index (Phi) is 5.17. The molecule has 0 bridgehead atoms. The summed E-state index contributed by atoms with van der Waals surface area (Å²) in [5.74, 6) is -0.765. The van der Waals surface area contributed by atoms with Gasteiger partial charge < -0.3 is 10.0 Å². The van der Waals surface area contributed by atoms with Crippen molar-refractivity contribution in [2.24, 2.45) is 0 Å². The van der Waals surface area contributed by atoms with E-state index in [1.807, 2.05) is 24.3 Å². The van der Waals surface area contributed by atoms with E-state index in [1.165, 1.54) is 0 Å². The van der Waals surface area contributed by atoms with Crippen molar-refractivity contribution in [3.05, 3.63) is 34.3 Å². The predicted molar refractivity (Wildman–Crippen MR) is 79.5 cm³/mol. The van der Waals surface area contributed by atoms with E-state index >= 15 is 0 Å². The largest absolute Gasteiger partial charge is 0.481 e. The fourth-order valence-electron chi connectivity index (χ4n) is 2.62. The van der Waals surface area contributed by atoms with Crippen LogP contribution in [0.3, 0.4) is 0 Å². The highest BCUT2D eigenvalue weighted by Gasteiger charge is 2.29. The number of nitrogens with zero attached hydrogens (tertiary/aromatic N) is 1. The maximum atomic E-state index is 12.2. The lowest BCUT2D eigenvalue weighted by molar-refractivity contribution is -0.139. The molecule has 108 valence electrons. The molecule has 1 heterocycles. The number of carbonyl (C=O) groups excluding carboxylic acids is 1. The lowest BCUT2D eigenvalue weighted by Crippen LogP contribution is -2.36. The number of carbonyl (C=O) groups is 2. The van der Waals surface area contributed by atoms with Crippen LogP contribution in [0.4, 0.5) is 0 Å². The molecule has 1 aromatic carbocycles. The molecule has 0 aliphatic carbocycles. The minimum absolute atomic E-state index is 0.0595. The highest BCUT2D eigenvalue weighted by atomic mass is 79.9. The Morgan fingerprint density at radius 3 is 2.65 bits per heavy atom. The number of amides is 1. The van der Waals surface area contributed by atoms with Crippen LogP contribution in [0.25, 0.3) is 0 Å². The molecule has 2 rings (SSSR count). The first-order valence-electron chi connectivity index (χ1n) is 6.82. The molecule has 1 aliphatic heterocycles. The minimum Gasteiger partial charge on any atom is -0.481 e. The van der Waals surface area contributed by atoms with Gasteiger partial charge in [-0.3, -0.25) is 9.59 Å². The third-order valence-corrected chi connectivity index (χ3v) is 4.18. The van der Waals surface area contributed by atoms with E-state index in [4.69, 9.17) is 5.11 Å². The standard InChI is InChI=1S/C15H18BrNO3/c16-12-6-3-11(4-7-12)5-8-14(18)17-9-1-2-13(17)10-15(19)20/h3-4,6-7,13H,1-2,5,8-10H2,(H,19,20). The molecule has 1 aromatic rings. The Bertz CT molecular complexity index is 486. The summed E-state index contributed by atoms with van der Waals surface area (Å²) in [6.45, 7) is 0.692. The van der Waals surface area contributed by atoms with Gasteiger partial charge in [-0.1, -0.05) is 28.1 Å². The number of aryl methyl sites for hydroxylation is 1. The average Bonchev–Trinajstić information content (AvgIpc) is 2.85.